The zero-order valence-corrected chi connectivity index (χ0v) is 8.68. The Labute approximate surface area is 93.0 Å². The molecular weight excluding hydrogens is 210 g/mol. The summed E-state index contributed by atoms with van der Waals surface area (Å²) in [4.78, 5) is 21.1. The van der Waals surface area contributed by atoms with E-state index in [1.807, 2.05) is 30.3 Å². The third-order valence-corrected chi connectivity index (χ3v) is 1.80. The molecule has 0 spiro atoms. The summed E-state index contributed by atoms with van der Waals surface area (Å²) in [5, 5.41) is 11.1. The normalized spacial score (nSPS) is 9.75. The molecule has 0 atom stereocenters. The highest BCUT2D eigenvalue weighted by Gasteiger charge is 2.04. The van der Waals surface area contributed by atoms with Crippen LogP contribution in [0.4, 0.5) is 0 Å². The molecule has 0 amide bonds. The number of hydrogen-bond acceptors (Lipinski definition) is 4. The summed E-state index contributed by atoms with van der Waals surface area (Å²) in [5.41, 5.74) is 1.05. The largest absolute Gasteiger partial charge is 0.479 e. The molecule has 1 aromatic carbocycles. The summed E-state index contributed by atoms with van der Waals surface area (Å²) < 4.78 is 4.44. The van der Waals surface area contributed by atoms with Crippen LogP contribution in [0.15, 0.2) is 30.3 Å². The lowest BCUT2D eigenvalue weighted by molar-refractivity contribution is -0.154. The highest BCUT2D eigenvalue weighted by molar-refractivity contribution is 5.76. The van der Waals surface area contributed by atoms with E-state index in [0.717, 1.165) is 5.56 Å². The zero-order chi connectivity index (χ0) is 11.8. The fourth-order valence-electron chi connectivity index (χ4n) is 1.10. The molecule has 0 fully saturated rings. The van der Waals surface area contributed by atoms with E-state index in [1.54, 1.807) is 0 Å². The molecule has 0 aliphatic heterocycles. The van der Waals surface area contributed by atoms with Gasteiger partial charge in [-0.05, 0) is 5.56 Å². The lowest BCUT2D eigenvalue weighted by Crippen LogP contribution is -2.26. The molecule has 0 radical (unpaired) electrons. The Morgan fingerprint density at radius 1 is 1.25 bits per heavy atom. The lowest BCUT2D eigenvalue weighted by atomic mass is 10.2. The first-order valence-electron chi connectivity index (χ1n) is 4.80. The van der Waals surface area contributed by atoms with Crippen LogP contribution in [0.3, 0.4) is 0 Å². The lowest BCUT2D eigenvalue weighted by Gasteiger charge is -2.04. The number of aliphatic carboxylic acids is 1. The van der Waals surface area contributed by atoms with Gasteiger partial charge in [-0.3, -0.25) is 4.79 Å². The van der Waals surface area contributed by atoms with Gasteiger partial charge in [-0.2, -0.15) is 0 Å². The van der Waals surface area contributed by atoms with E-state index in [-0.39, 0.29) is 6.54 Å². The molecule has 0 aliphatic carbocycles. The van der Waals surface area contributed by atoms with Gasteiger partial charge >= 0.3 is 11.9 Å². The molecule has 0 unspecified atom stereocenters. The summed E-state index contributed by atoms with van der Waals surface area (Å²) in [6.45, 7) is -0.0446. The summed E-state index contributed by atoms with van der Waals surface area (Å²) in [5.74, 6) is -1.73. The number of ether oxygens (including phenoxy) is 1. The number of carbonyl (C=O) groups excluding carboxylic acids is 1. The fraction of sp³-hybridized carbons (Fsp3) is 0.273. The van der Waals surface area contributed by atoms with Gasteiger partial charge in [0, 0.05) is 6.54 Å². The van der Waals surface area contributed by atoms with E-state index >= 15 is 0 Å². The molecule has 5 heteroatoms. The minimum Gasteiger partial charge on any atom is -0.479 e. The van der Waals surface area contributed by atoms with Gasteiger partial charge in [0.2, 0.25) is 0 Å². The number of benzene rings is 1. The first-order chi connectivity index (χ1) is 7.68. The summed E-state index contributed by atoms with van der Waals surface area (Å²) in [6, 6.07) is 9.56. The molecule has 1 aromatic rings. The molecule has 0 aromatic heterocycles. The first-order valence-corrected chi connectivity index (χ1v) is 4.80. The summed E-state index contributed by atoms with van der Waals surface area (Å²) >= 11 is 0. The predicted molar refractivity (Wildman–Crippen MR) is 56.7 cm³/mol. The van der Waals surface area contributed by atoms with Crippen molar-refractivity contribution in [3.63, 3.8) is 0 Å². The van der Waals surface area contributed by atoms with Crippen molar-refractivity contribution < 1.29 is 19.4 Å². The van der Waals surface area contributed by atoms with Gasteiger partial charge in [0.1, 0.15) is 0 Å². The van der Waals surface area contributed by atoms with Gasteiger partial charge in [-0.15, -0.1) is 0 Å². The highest BCUT2D eigenvalue weighted by Crippen LogP contribution is 1.96. The van der Waals surface area contributed by atoms with Gasteiger partial charge in [0.05, 0.1) is 6.54 Å². The molecular formula is C11H13NO4. The minimum atomic E-state index is -1.16. The van der Waals surface area contributed by atoms with Crippen LogP contribution in [0.2, 0.25) is 0 Å². The Kier molecular flexibility index (Phi) is 5.01. The van der Waals surface area contributed by atoms with Gasteiger partial charge in [0.25, 0.3) is 0 Å². The third-order valence-electron chi connectivity index (χ3n) is 1.80. The van der Waals surface area contributed by atoms with Crippen molar-refractivity contribution in [2.45, 2.75) is 6.54 Å². The van der Waals surface area contributed by atoms with Crippen molar-refractivity contribution in [2.75, 3.05) is 13.2 Å². The van der Waals surface area contributed by atoms with Crippen LogP contribution in [0.5, 0.6) is 0 Å². The topological polar surface area (TPSA) is 75.6 Å². The molecule has 5 nitrogen and oxygen atoms in total. The van der Waals surface area contributed by atoms with Gasteiger partial charge in [0.15, 0.2) is 6.61 Å². The number of rotatable bonds is 6. The molecule has 1 rings (SSSR count). The Balaban J connectivity index is 2.16. The van der Waals surface area contributed by atoms with Crippen LogP contribution in [0.25, 0.3) is 0 Å². The number of carbonyl (C=O) groups is 2. The Bertz CT molecular complexity index is 350. The van der Waals surface area contributed by atoms with E-state index < -0.39 is 18.5 Å². The smallest absolute Gasteiger partial charge is 0.341 e. The molecule has 16 heavy (non-hydrogen) atoms. The molecule has 0 saturated carbocycles. The monoisotopic (exact) mass is 223 g/mol. The minimum absolute atomic E-state index is 0.00216. The number of esters is 1. The van der Waals surface area contributed by atoms with Crippen molar-refractivity contribution in [2.24, 2.45) is 0 Å². The van der Waals surface area contributed by atoms with Gasteiger partial charge in [-0.1, -0.05) is 30.3 Å². The number of carboxylic acid groups (broad SMARTS) is 1. The summed E-state index contributed by atoms with van der Waals surface area (Å²) in [6.07, 6.45) is 0. The maximum absolute atomic E-state index is 11.0. The van der Waals surface area contributed by atoms with Crippen LogP contribution in [-0.4, -0.2) is 30.2 Å². The molecule has 0 bridgehead atoms. The maximum atomic E-state index is 11.0. The standard InChI is InChI=1S/C11H13NO4/c13-10(14)8-16-11(15)7-12-6-9-4-2-1-3-5-9/h1-5,12H,6-8H2,(H,13,14). The van der Waals surface area contributed by atoms with E-state index in [2.05, 4.69) is 10.1 Å². The van der Waals surface area contributed by atoms with Crippen molar-refractivity contribution in [3.8, 4) is 0 Å². The third kappa shape index (κ3) is 5.11. The quantitative estimate of drug-likeness (QED) is 0.683. The fourth-order valence-corrected chi connectivity index (χ4v) is 1.10. The molecule has 0 saturated heterocycles. The maximum Gasteiger partial charge on any atom is 0.341 e. The molecule has 0 heterocycles. The molecule has 2 N–H and O–H groups in total. The molecule has 0 aliphatic rings. The van der Waals surface area contributed by atoms with Crippen LogP contribution >= 0.6 is 0 Å². The second-order valence-electron chi connectivity index (χ2n) is 3.14. The Hall–Kier alpha value is -1.88. The SMILES string of the molecule is O=C(O)COC(=O)CNCc1ccccc1. The van der Waals surface area contributed by atoms with Crippen molar-refractivity contribution in [3.05, 3.63) is 35.9 Å². The predicted octanol–water partition coefficient (Wildman–Crippen LogP) is 0.404. The van der Waals surface area contributed by atoms with Gasteiger partial charge in [-0.25, -0.2) is 4.79 Å². The van der Waals surface area contributed by atoms with E-state index in [1.165, 1.54) is 0 Å². The Morgan fingerprint density at radius 3 is 2.56 bits per heavy atom. The van der Waals surface area contributed by atoms with Crippen LogP contribution in [-0.2, 0) is 20.9 Å². The van der Waals surface area contributed by atoms with Crippen LogP contribution in [0, 0.1) is 0 Å². The number of carboxylic acids is 1. The molecule has 86 valence electrons. The van der Waals surface area contributed by atoms with Crippen LogP contribution in [0.1, 0.15) is 5.56 Å². The van der Waals surface area contributed by atoms with Crippen molar-refractivity contribution >= 4 is 11.9 Å². The second-order valence-corrected chi connectivity index (χ2v) is 3.14. The van der Waals surface area contributed by atoms with Crippen molar-refractivity contribution in [1.29, 1.82) is 0 Å². The van der Waals surface area contributed by atoms with Gasteiger partial charge < -0.3 is 15.2 Å². The van der Waals surface area contributed by atoms with Crippen molar-refractivity contribution in [1.82, 2.24) is 5.32 Å². The zero-order valence-electron chi connectivity index (χ0n) is 8.68. The van der Waals surface area contributed by atoms with Crippen LogP contribution < -0.4 is 5.32 Å². The number of hydrogen-bond donors (Lipinski definition) is 2. The van der Waals surface area contributed by atoms with E-state index in [4.69, 9.17) is 5.11 Å². The highest BCUT2D eigenvalue weighted by atomic mass is 16.5. The first kappa shape index (κ1) is 12.2. The summed E-state index contributed by atoms with van der Waals surface area (Å²) in [7, 11) is 0. The average Bonchev–Trinajstić information content (AvgIpc) is 2.28. The number of nitrogens with one attached hydrogen (secondary N) is 1. The average molecular weight is 223 g/mol. The van der Waals surface area contributed by atoms with E-state index in [9.17, 15) is 9.59 Å². The Morgan fingerprint density at radius 2 is 1.94 bits per heavy atom. The van der Waals surface area contributed by atoms with E-state index in [0.29, 0.717) is 6.54 Å². The second kappa shape index (κ2) is 6.58.